The van der Waals surface area contributed by atoms with Crippen molar-refractivity contribution in [2.45, 2.75) is 4.90 Å². The first-order valence-electron chi connectivity index (χ1n) is 6.30. The van der Waals surface area contributed by atoms with E-state index in [0.29, 0.717) is 10.7 Å². The molecule has 0 saturated carbocycles. The number of benzene rings is 1. The first-order valence-corrected chi connectivity index (χ1v) is 8.19. The number of aromatic amines is 1. The normalized spacial score (nSPS) is 11.5. The highest BCUT2D eigenvalue weighted by Gasteiger charge is 2.09. The van der Waals surface area contributed by atoms with Crippen molar-refractivity contribution in [3.05, 3.63) is 55.0 Å². The quantitative estimate of drug-likeness (QED) is 0.806. The summed E-state index contributed by atoms with van der Waals surface area (Å²) >= 11 is 0. The molecule has 0 radical (unpaired) electrons. The van der Waals surface area contributed by atoms with Crippen LogP contribution in [0, 0.1) is 0 Å². The maximum absolute atomic E-state index is 11.4. The first kappa shape index (κ1) is 13.5. The van der Waals surface area contributed by atoms with Gasteiger partial charge >= 0.3 is 0 Å². The summed E-state index contributed by atoms with van der Waals surface area (Å²) in [5.41, 5.74) is 2.72. The van der Waals surface area contributed by atoms with E-state index in [1.165, 1.54) is 6.26 Å². The smallest absolute Gasteiger partial charge is 0.175 e. The van der Waals surface area contributed by atoms with E-state index < -0.39 is 9.84 Å². The lowest BCUT2D eigenvalue weighted by Crippen LogP contribution is -1.96. The van der Waals surface area contributed by atoms with Gasteiger partial charge in [0.15, 0.2) is 9.84 Å². The van der Waals surface area contributed by atoms with E-state index in [2.05, 4.69) is 15.0 Å². The van der Waals surface area contributed by atoms with Gasteiger partial charge in [-0.3, -0.25) is 4.98 Å². The highest BCUT2D eigenvalue weighted by Crippen LogP contribution is 2.22. The first-order chi connectivity index (χ1) is 10.0. The molecule has 0 fully saturated rings. The zero-order valence-corrected chi connectivity index (χ0v) is 12.1. The molecule has 21 heavy (non-hydrogen) atoms. The van der Waals surface area contributed by atoms with E-state index in [1.54, 1.807) is 42.9 Å². The molecule has 0 aliphatic carbocycles. The third kappa shape index (κ3) is 2.85. The highest BCUT2D eigenvalue weighted by molar-refractivity contribution is 7.90. The number of hydrogen-bond acceptors (Lipinski definition) is 4. The summed E-state index contributed by atoms with van der Waals surface area (Å²) in [5, 5.41) is 0. The Kier molecular flexibility index (Phi) is 3.31. The number of aromatic nitrogens is 3. The van der Waals surface area contributed by atoms with Gasteiger partial charge in [-0.1, -0.05) is 0 Å². The van der Waals surface area contributed by atoms with Crippen molar-refractivity contribution in [3.63, 3.8) is 0 Å². The van der Waals surface area contributed by atoms with Crippen molar-refractivity contribution in [2.75, 3.05) is 6.26 Å². The average Bonchev–Trinajstić information content (AvgIpc) is 2.97. The van der Waals surface area contributed by atoms with Gasteiger partial charge in [0.2, 0.25) is 0 Å². The van der Waals surface area contributed by atoms with Crippen molar-refractivity contribution >= 4 is 9.84 Å². The second-order valence-electron chi connectivity index (χ2n) is 4.68. The molecular weight excluding hydrogens is 286 g/mol. The van der Waals surface area contributed by atoms with Crippen molar-refractivity contribution in [1.29, 1.82) is 0 Å². The van der Waals surface area contributed by atoms with Gasteiger partial charge in [-0.15, -0.1) is 0 Å². The van der Waals surface area contributed by atoms with Crippen LogP contribution in [-0.2, 0) is 9.84 Å². The van der Waals surface area contributed by atoms with Crippen LogP contribution in [0.2, 0.25) is 0 Å². The lowest BCUT2D eigenvalue weighted by molar-refractivity contribution is 0.602. The molecule has 2 heterocycles. The number of hydrogen-bond donors (Lipinski definition) is 1. The minimum Gasteiger partial charge on any atom is -0.338 e. The fraction of sp³-hybridized carbons (Fsp3) is 0.0667. The van der Waals surface area contributed by atoms with Crippen molar-refractivity contribution < 1.29 is 8.42 Å². The maximum Gasteiger partial charge on any atom is 0.175 e. The lowest BCUT2D eigenvalue weighted by Gasteiger charge is -2.00. The van der Waals surface area contributed by atoms with Crippen LogP contribution in [0.15, 0.2) is 59.9 Å². The Morgan fingerprint density at radius 2 is 1.62 bits per heavy atom. The molecule has 106 valence electrons. The van der Waals surface area contributed by atoms with Crippen LogP contribution >= 0.6 is 0 Å². The molecule has 0 bridgehead atoms. The predicted octanol–water partition coefficient (Wildman–Crippen LogP) is 2.54. The average molecular weight is 299 g/mol. The molecule has 0 spiro atoms. The molecule has 5 nitrogen and oxygen atoms in total. The lowest BCUT2D eigenvalue weighted by atomic mass is 10.2. The van der Waals surface area contributed by atoms with E-state index in [9.17, 15) is 8.42 Å². The van der Waals surface area contributed by atoms with Crippen molar-refractivity contribution in [1.82, 2.24) is 15.0 Å². The Hall–Kier alpha value is -2.47. The van der Waals surface area contributed by atoms with Gasteiger partial charge in [0, 0.05) is 29.8 Å². The number of imidazole rings is 1. The van der Waals surface area contributed by atoms with Gasteiger partial charge < -0.3 is 4.98 Å². The molecule has 2 aromatic heterocycles. The standard InChI is InChI=1S/C15H13N3O2S/c1-21(19,20)13-4-2-12(3-5-13)15-17-10-14(18-15)11-6-8-16-9-7-11/h2-10H,1H3,(H,17,18). The molecule has 0 atom stereocenters. The summed E-state index contributed by atoms with van der Waals surface area (Å²) in [5.74, 6) is 0.696. The Bertz CT molecular complexity index is 853. The monoisotopic (exact) mass is 299 g/mol. The highest BCUT2D eigenvalue weighted by atomic mass is 32.2. The van der Waals surface area contributed by atoms with Gasteiger partial charge in [-0.05, 0) is 36.4 Å². The summed E-state index contributed by atoms with van der Waals surface area (Å²) in [6, 6.07) is 10.4. The molecule has 6 heteroatoms. The summed E-state index contributed by atoms with van der Waals surface area (Å²) in [6.07, 6.45) is 6.37. The van der Waals surface area contributed by atoms with Crippen LogP contribution in [0.3, 0.4) is 0 Å². The Balaban J connectivity index is 1.94. The van der Waals surface area contributed by atoms with Crippen LogP contribution in [0.5, 0.6) is 0 Å². The molecular formula is C15H13N3O2S. The number of rotatable bonds is 3. The zero-order chi connectivity index (χ0) is 14.9. The largest absolute Gasteiger partial charge is 0.338 e. The van der Waals surface area contributed by atoms with Crippen LogP contribution < -0.4 is 0 Å². The van der Waals surface area contributed by atoms with E-state index in [-0.39, 0.29) is 0 Å². The molecule has 0 saturated heterocycles. The van der Waals surface area contributed by atoms with Crippen molar-refractivity contribution in [2.24, 2.45) is 0 Å². The van der Waals surface area contributed by atoms with E-state index in [1.807, 2.05) is 12.1 Å². The van der Waals surface area contributed by atoms with Gasteiger partial charge in [-0.2, -0.15) is 0 Å². The van der Waals surface area contributed by atoms with E-state index in [4.69, 9.17) is 0 Å². The maximum atomic E-state index is 11.4. The number of nitrogens with zero attached hydrogens (tertiary/aromatic N) is 2. The SMILES string of the molecule is CS(=O)(=O)c1ccc(-c2ncc(-c3ccncc3)[nH]2)cc1. The predicted molar refractivity (Wildman–Crippen MR) is 80.4 cm³/mol. The van der Waals surface area contributed by atoms with Crippen LogP contribution in [-0.4, -0.2) is 29.6 Å². The molecule has 0 aliphatic rings. The van der Waals surface area contributed by atoms with E-state index in [0.717, 1.165) is 16.8 Å². The second-order valence-corrected chi connectivity index (χ2v) is 6.69. The third-order valence-corrected chi connectivity index (χ3v) is 4.25. The van der Waals surface area contributed by atoms with Crippen LogP contribution in [0.1, 0.15) is 0 Å². The summed E-state index contributed by atoms with van der Waals surface area (Å²) in [6.45, 7) is 0. The molecule has 1 N–H and O–H groups in total. The van der Waals surface area contributed by atoms with Crippen LogP contribution in [0.4, 0.5) is 0 Å². The summed E-state index contributed by atoms with van der Waals surface area (Å²) < 4.78 is 22.9. The van der Waals surface area contributed by atoms with Gasteiger partial charge in [-0.25, -0.2) is 13.4 Å². The fourth-order valence-electron chi connectivity index (χ4n) is 2.01. The van der Waals surface area contributed by atoms with Crippen LogP contribution in [0.25, 0.3) is 22.6 Å². The van der Waals surface area contributed by atoms with Gasteiger partial charge in [0.25, 0.3) is 0 Å². The fourth-order valence-corrected chi connectivity index (χ4v) is 2.64. The Labute approximate surface area is 122 Å². The number of sulfone groups is 1. The second kappa shape index (κ2) is 5.14. The molecule has 0 aliphatic heterocycles. The van der Waals surface area contributed by atoms with Gasteiger partial charge in [0.1, 0.15) is 5.82 Å². The number of H-pyrrole nitrogens is 1. The molecule has 1 aromatic carbocycles. The third-order valence-electron chi connectivity index (χ3n) is 3.12. The Morgan fingerprint density at radius 1 is 0.952 bits per heavy atom. The minimum absolute atomic E-state index is 0.298. The summed E-state index contributed by atoms with van der Waals surface area (Å²) in [7, 11) is -3.18. The zero-order valence-electron chi connectivity index (χ0n) is 11.3. The molecule has 0 unspecified atom stereocenters. The number of nitrogens with one attached hydrogen (secondary N) is 1. The number of pyridine rings is 1. The topological polar surface area (TPSA) is 75.7 Å². The molecule has 0 amide bonds. The van der Waals surface area contributed by atoms with E-state index >= 15 is 0 Å². The molecule has 3 aromatic rings. The van der Waals surface area contributed by atoms with Crippen molar-refractivity contribution in [3.8, 4) is 22.6 Å². The Morgan fingerprint density at radius 3 is 2.24 bits per heavy atom. The summed E-state index contributed by atoms with van der Waals surface area (Å²) in [4.78, 5) is 11.8. The minimum atomic E-state index is -3.18. The molecule has 3 rings (SSSR count). The van der Waals surface area contributed by atoms with Gasteiger partial charge in [0.05, 0.1) is 16.8 Å².